The van der Waals surface area contributed by atoms with Gasteiger partial charge in [0.05, 0.1) is 17.5 Å². The van der Waals surface area contributed by atoms with Crippen molar-refractivity contribution in [1.29, 1.82) is 0 Å². The van der Waals surface area contributed by atoms with Crippen LogP contribution in [0.4, 0.5) is 0 Å². The number of nitrogens with one attached hydrogen (secondary N) is 1. The van der Waals surface area contributed by atoms with Gasteiger partial charge >= 0.3 is 0 Å². The van der Waals surface area contributed by atoms with E-state index in [0.717, 1.165) is 41.8 Å². The van der Waals surface area contributed by atoms with Crippen molar-refractivity contribution in [2.75, 3.05) is 6.54 Å². The van der Waals surface area contributed by atoms with Gasteiger partial charge in [0, 0.05) is 24.5 Å². The highest BCUT2D eigenvalue weighted by Gasteiger charge is 2.09. The number of halogens is 1. The van der Waals surface area contributed by atoms with Gasteiger partial charge in [0.25, 0.3) is 0 Å². The summed E-state index contributed by atoms with van der Waals surface area (Å²) in [5.41, 5.74) is 3.07. The average molecular weight is 368 g/mol. The molecular weight excluding hydrogens is 346 g/mol. The van der Waals surface area contributed by atoms with Crippen LogP contribution in [0.15, 0.2) is 61.2 Å². The van der Waals surface area contributed by atoms with Gasteiger partial charge in [-0.05, 0) is 36.2 Å². The first-order valence-corrected chi connectivity index (χ1v) is 9.11. The highest BCUT2D eigenvalue weighted by atomic mass is 35.5. The summed E-state index contributed by atoms with van der Waals surface area (Å²) in [6.45, 7) is 5.20. The standard InChI is InChI=1S/C21H22ClN3O/c1-2-14-25-19-7-4-3-6-18(19)24-20(25)8-5-13-23-21(26)15-16-9-11-17(22)12-10-16/h2-4,6-7,9-12H,1,5,8,13-15H2,(H,23,26). The zero-order valence-corrected chi connectivity index (χ0v) is 15.4. The maximum Gasteiger partial charge on any atom is 0.224 e. The Kier molecular flexibility index (Phi) is 6.08. The third kappa shape index (κ3) is 4.52. The van der Waals surface area contributed by atoms with Gasteiger partial charge in [-0.25, -0.2) is 4.98 Å². The highest BCUT2D eigenvalue weighted by molar-refractivity contribution is 6.30. The summed E-state index contributed by atoms with van der Waals surface area (Å²) in [4.78, 5) is 16.8. The summed E-state index contributed by atoms with van der Waals surface area (Å²) < 4.78 is 2.18. The first kappa shape index (κ1) is 18.2. The van der Waals surface area contributed by atoms with E-state index >= 15 is 0 Å². The fourth-order valence-corrected chi connectivity index (χ4v) is 3.10. The molecule has 0 bridgehead atoms. The van der Waals surface area contributed by atoms with Crippen molar-refractivity contribution in [3.05, 3.63) is 77.6 Å². The van der Waals surface area contributed by atoms with E-state index in [-0.39, 0.29) is 5.91 Å². The van der Waals surface area contributed by atoms with Crippen molar-refractivity contribution in [3.8, 4) is 0 Å². The Labute approximate surface area is 158 Å². The maximum absolute atomic E-state index is 12.0. The van der Waals surface area contributed by atoms with E-state index in [2.05, 4.69) is 22.5 Å². The lowest BCUT2D eigenvalue weighted by atomic mass is 10.1. The van der Waals surface area contributed by atoms with E-state index in [1.165, 1.54) is 0 Å². The van der Waals surface area contributed by atoms with Crippen molar-refractivity contribution in [1.82, 2.24) is 14.9 Å². The number of amides is 1. The largest absolute Gasteiger partial charge is 0.356 e. The molecule has 0 aliphatic rings. The summed E-state index contributed by atoms with van der Waals surface area (Å²) in [7, 11) is 0. The number of carbonyl (C=O) groups excluding carboxylic acids is 1. The predicted molar refractivity (Wildman–Crippen MR) is 106 cm³/mol. The van der Waals surface area contributed by atoms with Crippen LogP contribution in [0.1, 0.15) is 17.8 Å². The Bertz CT molecular complexity index is 899. The number of aromatic nitrogens is 2. The van der Waals surface area contributed by atoms with Crippen LogP contribution in [-0.2, 0) is 24.2 Å². The molecule has 4 nitrogen and oxygen atoms in total. The SMILES string of the molecule is C=CCn1c(CCCNC(=O)Cc2ccc(Cl)cc2)nc2ccccc21. The number of aryl methyl sites for hydroxylation is 1. The Hall–Kier alpha value is -2.59. The molecule has 0 unspecified atom stereocenters. The van der Waals surface area contributed by atoms with E-state index in [1.807, 2.05) is 36.4 Å². The summed E-state index contributed by atoms with van der Waals surface area (Å²) in [6, 6.07) is 15.5. The Morgan fingerprint density at radius 3 is 2.73 bits per heavy atom. The van der Waals surface area contributed by atoms with E-state index in [9.17, 15) is 4.79 Å². The van der Waals surface area contributed by atoms with Gasteiger partial charge < -0.3 is 9.88 Å². The molecule has 1 amide bonds. The molecule has 134 valence electrons. The lowest BCUT2D eigenvalue weighted by Crippen LogP contribution is -2.26. The third-order valence-electron chi connectivity index (χ3n) is 4.22. The van der Waals surface area contributed by atoms with Crippen LogP contribution in [0.2, 0.25) is 5.02 Å². The Balaban J connectivity index is 1.52. The van der Waals surface area contributed by atoms with Crippen LogP contribution >= 0.6 is 11.6 Å². The first-order chi connectivity index (χ1) is 12.7. The molecule has 0 saturated heterocycles. The number of benzene rings is 2. The normalized spacial score (nSPS) is 10.8. The van der Waals surface area contributed by atoms with Crippen molar-refractivity contribution in [2.45, 2.75) is 25.8 Å². The third-order valence-corrected chi connectivity index (χ3v) is 4.47. The van der Waals surface area contributed by atoms with Crippen molar-refractivity contribution in [2.24, 2.45) is 0 Å². The number of nitrogens with zero attached hydrogens (tertiary/aromatic N) is 2. The smallest absolute Gasteiger partial charge is 0.224 e. The Morgan fingerprint density at radius 2 is 1.96 bits per heavy atom. The second-order valence-electron chi connectivity index (χ2n) is 6.17. The zero-order valence-electron chi connectivity index (χ0n) is 14.6. The number of para-hydroxylation sites is 2. The molecule has 3 aromatic rings. The lowest BCUT2D eigenvalue weighted by molar-refractivity contribution is -0.120. The molecule has 26 heavy (non-hydrogen) atoms. The predicted octanol–water partition coefficient (Wildman–Crippen LogP) is 4.17. The molecule has 1 aromatic heterocycles. The molecule has 1 heterocycles. The molecule has 0 fully saturated rings. The van der Waals surface area contributed by atoms with Crippen LogP contribution < -0.4 is 5.32 Å². The molecule has 5 heteroatoms. The van der Waals surface area contributed by atoms with E-state index in [1.54, 1.807) is 12.1 Å². The molecule has 0 aliphatic carbocycles. The minimum atomic E-state index is 0.0203. The van der Waals surface area contributed by atoms with Crippen LogP contribution in [-0.4, -0.2) is 22.0 Å². The number of hydrogen-bond donors (Lipinski definition) is 1. The minimum Gasteiger partial charge on any atom is -0.356 e. The molecular formula is C21H22ClN3O. The fourth-order valence-electron chi connectivity index (χ4n) is 2.97. The van der Waals surface area contributed by atoms with E-state index in [0.29, 0.717) is 18.0 Å². The second-order valence-corrected chi connectivity index (χ2v) is 6.61. The van der Waals surface area contributed by atoms with Crippen LogP contribution in [0.3, 0.4) is 0 Å². The average Bonchev–Trinajstić information content (AvgIpc) is 2.99. The number of allylic oxidation sites excluding steroid dienone is 1. The minimum absolute atomic E-state index is 0.0203. The van der Waals surface area contributed by atoms with Gasteiger partial charge in [0.1, 0.15) is 5.82 Å². The van der Waals surface area contributed by atoms with Crippen molar-refractivity contribution < 1.29 is 4.79 Å². The lowest BCUT2D eigenvalue weighted by Gasteiger charge is -2.08. The molecule has 0 aliphatic heterocycles. The fraction of sp³-hybridized carbons (Fsp3) is 0.238. The number of fused-ring (bicyclic) bond motifs is 1. The summed E-state index contributed by atoms with van der Waals surface area (Å²) in [6.07, 6.45) is 3.90. The van der Waals surface area contributed by atoms with Gasteiger partial charge in [0.2, 0.25) is 5.91 Å². The number of carbonyl (C=O) groups is 1. The van der Waals surface area contributed by atoms with Gasteiger partial charge in [-0.1, -0.05) is 41.9 Å². The number of hydrogen-bond acceptors (Lipinski definition) is 2. The summed E-state index contributed by atoms with van der Waals surface area (Å²) >= 11 is 5.86. The second kappa shape index (κ2) is 8.68. The van der Waals surface area contributed by atoms with Gasteiger partial charge in [-0.2, -0.15) is 0 Å². The van der Waals surface area contributed by atoms with Gasteiger partial charge in [-0.15, -0.1) is 6.58 Å². The zero-order chi connectivity index (χ0) is 18.4. The molecule has 0 radical (unpaired) electrons. The van der Waals surface area contributed by atoms with Crippen LogP contribution in [0.25, 0.3) is 11.0 Å². The maximum atomic E-state index is 12.0. The highest BCUT2D eigenvalue weighted by Crippen LogP contribution is 2.17. The van der Waals surface area contributed by atoms with Gasteiger partial charge in [-0.3, -0.25) is 4.79 Å². The van der Waals surface area contributed by atoms with E-state index < -0.39 is 0 Å². The van der Waals surface area contributed by atoms with E-state index in [4.69, 9.17) is 16.6 Å². The number of rotatable bonds is 8. The van der Waals surface area contributed by atoms with Crippen LogP contribution in [0.5, 0.6) is 0 Å². The Morgan fingerprint density at radius 1 is 1.19 bits per heavy atom. The van der Waals surface area contributed by atoms with Crippen molar-refractivity contribution in [3.63, 3.8) is 0 Å². The molecule has 1 N–H and O–H groups in total. The topological polar surface area (TPSA) is 46.9 Å². The molecule has 0 spiro atoms. The first-order valence-electron chi connectivity index (χ1n) is 8.73. The van der Waals surface area contributed by atoms with Crippen LogP contribution in [0, 0.1) is 0 Å². The quantitative estimate of drug-likeness (QED) is 0.480. The molecule has 3 rings (SSSR count). The summed E-state index contributed by atoms with van der Waals surface area (Å²) in [5, 5.41) is 3.65. The summed E-state index contributed by atoms with van der Waals surface area (Å²) in [5.74, 6) is 1.05. The van der Waals surface area contributed by atoms with Crippen molar-refractivity contribution >= 4 is 28.5 Å². The van der Waals surface area contributed by atoms with Gasteiger partial charge in [0.15, 0.2) is 0 Å². The molecule has 0 saturated carbocycles. The molecule has 0 atom stereocenters. The number of imidazole rings is 1. The monoisotopic (exact) mass is 367 g/mol. The molecule has 2 aromatic carbocycles.